The van der Waals surface area contributed by atoms with Gasteiger partial charge in [0.15, 0.2) is 0 Å². The summed E-state index contributed by atoms with van der Waals surface area (Å²) in [7, 11) is 0. The fourth-order valence-electron chi connectivity index (χ4n) is 3.50. The van der Waals surface area contributed by atoms with Crippen molar-refractivity contribution < 1.29 is 4.42 Å². The van der Waals surface area contributed by atoms with Crippen LogP contribution in [0.5, 0.6) is 0 Å². The first-order chi connectivity index (χ1) is 11.5. The molecule has 120 valence electrons. The Bertz CT molecular complexity index is 958. The van der Waals surface area contributed by atoms with Gasteiger partial charge in [0.2, 0.25) is 0 Å². The number of furan rings is 1. The van der Waals surface area contributed by atoms with Crippen LogP contribution in [0.2, 0.25) is 5.02 Å². The highest BCUT2D eigenvalue weighted by molar-refractivity contribution is 6.30. The standard InChI is InChI=1S/C22H19ClO/c1-13-10-17-11-18(21-9-4-14(2)24-21)12-20(17)22(15(13)3)16-5-7-19(23)8-6-16/h4-10,12H,11H2,1-3H3. The second kappa shape index (κ2) is 5.68. The van der Waals surface area contributed by atoms with Crippen LogP contribution in [-0.2, 0) is 6.42 Å². The molecule has 2 aromatic carbocycles. The molecule has 1 aliphatic carbocycles. The Hall–Kier alpha value is -2.25. The molecular weight excluding hydrogens is 316 g/mol. The molecule has 0 saturated heterocycles. The summed E-state index contributed by atoms with van der Waals surface area (Å²) in [4.78, 5) is 0. The van der Waals surface area contributed by atoms with Gasteiger partial charge in [-0.1, -0.05) is 29.8 Å². The van der Waals surface area contributed by atoms with Gasteiger partial charge < -0.3 is 4.42 Å². The summed E-state index contributed by atoms with van der Waals surface area (Å²) in [6.07, 6.45) is 3.20. The molecule has 0 spiro atoms. The van der Waals surface area contributed by atoms with Crippen LogP contribution in [0.25, 0.3) is 22.8 Å². The zero-order valence-electron chi connectivity index (χ0n) is 14.1. The molecule has 2 heteroatoms. The van der Waals surface area contributed by atoms with E-state index in [1.54, 1.807) is 0 Å². The first-order valence-corrected chi connectivity index (χ1v) is 8.57. The van der Waals surface area contributed by atoms with Crippen LogP contribution < -0.4 is 0 Å². The lowest BCUT2D eigenvalue weighted by molar-refractivity contribution is 0.521. The Balaban J connectivity index is 1.89. The van der Waals surface area contributed by atoms with Gasteiger partial charge in [-0.05, 0) is 90.1 Å². The molecule has 0 atom stereocenters. The van der Waals surface area contributed by atoms with Crippen molar-refractivity contribution in [1.29, 1.82) is 0 Å². The van der Waals surface area contributed by atoms with E-state index in [0.717, 1.165) is 23.0 Å². The van der Waals surface area contributed by atoms with E-state index >= 15 is 0 Å². The topological polar surface area (TPSA) is 13.1 Å². The van der Waals surface area contributed by atoms with E-state index in [9.17, 15) is 0 Å². The van der Waals surface area contributed by atoms with Crippen LogP contribution >= 0.6 is 11.6 Å². The van der Waals surface area contributed by atoms with Crippen LogP contribution in [0.15, 0.2) is 46.9 Å². The van der Waals surface area contributed by atoms with Gasteiger partial charge in [0, 0.05) is 11.4 Å². The molecule has 0 saturated carbocycles. The van der Waals surface area contributed by atoms with Crippen molar-refractivity contribution in [3.05, 3.63) is 81.3 Å². The fourth-order valence-corrected chi connectivity index (χ4v) is 3.63. The average Bonchev–Trinajstić information content (AvgIpc) is 3.16. The maximum Gasteiger partial charge on any atom is 0.130 e. The Labute approximate surface area is 147 Å². The maximum atomic E-state index is 6.07. The first-order valence-electron chi connectivity index (χ1n) is 8.19. The van der Waals surface area contributed by atoms with Gasteiger partial charge in [0.25, 0.3) is 0 Å². The molecule has 0 amide bonds. The van der Waals surface area contributed by atoms with Crippen LogP contribution in [0.1, 0.15) is 33.8 Å². The van der Waals surface area contributed by atoms with Crippen molar-refractivity contribution in [3.8, 4) is 11.1 Å². The molecule has 1 nitrogen and oxygen atoms in total. The number of rotatable bonds is 2. The van der Waals surface area contributed by atoms with Crippen LogP contribution in [0.3, 0.4) is 0 Å². The number of allylic oxidation sites excluding steroid dienone is 1. The summed E-state index contributed by atoms with van der Waals surface area (Å²) in [6, 6.07) is 14.5. The highest BCUT2D eigenvalue weighted by atomic mass is 35.5. The largest absolute Gasteiger partial charge is 0.462 e. The van der Waals surface area contributed by atoms with E-state index in [1.807, 2.05) is 25.1 Å². The lowest BCUT2D eigenvalue weighted by Crippen LogP contribution is -1.95. The molecule has 0 radical (unpaired) electrons. The zero-order chi connectivity index (χ0) is 16.8. The van der Waals surface area contributed by atoms with E-state index in [1.165, 1.54) is 39.0 Å². The minimum atomic E-state index is 0.767. The normalized spacial score (nSPS) is 13.1. The molecule has 0 unspecified atom stereocenters. The van der Waals surface area contributed by atoms with E-state index < -0.39 is 0 Å². The van der Waals surface area contributed by atoms with Crippen molar-refractivity contribution in [2.45, 2.75) is 27.2 Å². The van der Waals surface area contributed by atoms with Crippen LogP contribution in [0, 0.1) is 20.8 Å². The molecule has 24 heavy (non-hydrogen) atoms. The van der Waals surface area contributed by atoms with Crippen molar-refractivity contribution in [1.82, 2.24) is 0 Å². The quantitative estimate of drug-likeness (QED) is 0.513. The molecular formula is C22H19ClO. The van der Waals surface area contributed by atoms with Gasteiger partial charge in [0.05, 0.1) is 0 Å². The van der Waals surface area contributed by atoms with Crippen LogP contribution in [0.4, 0.5) is 0 Å². The highest BCUT2D eigenvalue weighted by Crippen LogP contribution is 2.41. The van der Waals surface area contributed by atoms with Crippen molar-refractivity contribution in [3.63, 3.8) is 0 Å². The third-order valence-electron chi connectivity index (χ3n) is 4.86. The second-order valence-electron chi connectivity index (χ2n) is 6.53. The summed E-state index contributed by atoms with van der Waals surface area (Å²) in [5.41, 5.74) is 9.09. The second-order valence-corrected chi connectivity index (χ2v) is 6.97. The molecule has 0 aliphatic heterocycles. The lowest BCUT2D eigenvalue weighted by atomic mass is 9.90. The summed E-state index contributed by atoms with van der Waals surface area (Å²) >= 11 is 6.07. The molecule has 0 N–H and O–H groups in total. The van der Waals surface area contributed by atoms with Gasteiger partial charge in [-0.25, -0.2) is 0 Å². The molecule has 1 aromatic heterocycles. The zero-order valence-corrected chi connectivity index (χ0v) is 14.9. The number of hydrogen-bond donors (Lipinski definition) is 0. The lowest BCUT2D eigenvalue weighted by Gasteiger charge is -2.15. The van der Waals surface area contributed by atoms with Crippen molar-refractivity contribution in [2.24, 2.45) is 0 Å². The Morgan fingerprint density at radius 1 is 0.958 bits per heavy atom. The van der Waals surface area contributed by atoms with Crippen LogP contribution in [-0.4, -0.2) is 0 Å². The summed E-state index contributed by atoms with van der Waals surface area (Å²) in [6.45, 7) is 6.37. The van der Waals surface area contributed by atoms with Crippen molar-refractivity contribution >= 4 is 23.3 Å². The van der Waals surface area contributed by atoms with Gasteiger partial charge in [-0.15, -0.1) is 0 Å². The molecule has 1 heterocycles. The Kier molecular flexibility index (Phi) is 3.62. The number of aryl methyl sites for hydroxylation is 2. The number of halogens is 1. The molecule has 0 bridgehead atoms. The monoisotopic (exact) mass is 334 g/mol. The third-order valence-corrected chi connectivity index (χ3v) is 5.11. The van der Waals surface area contributed by atoms with Gasteiger partial charge >= 0.3 is 0 Å². The summed E-state index contributed by atoms with van der Waals surface area (Å²) in [5.74, 6) is 1.92. The van der Waals surface area contributed by atoms with E-state index in [2.05, 4.69) is 44.2 Å². The Morgan fingerprint density at radius 2 is 1.71 bits per heavy atom. The number of benzene rings is 2. The highest BCUT2D eigenvalue weighted by Gasteiger charge is 2.22. The predicted molar refractivity (Wildman–Crippen MR) is 101 cm³/mol. The average molecular weight is 335 g/mol. The van der Waals surface area contributed by atoms with Gasteiger partial charge in [0.1, 0.15) is 11.5 Å². The molecule has 4 rings (SSSR count). The third kappa shape index (κ3) is 2.50. The minimum Gasteiger partial charge on any atom is -0.462 e. The molecule has 1 aliphatic rings. The maximum absolute atomic E-state index is 6.07. The summed E-state index contributed by atoms with van der Waals surface area (Å²) in [5, 5.41) is 0.767. The minimum absolute atomic E-state index is 0.767. The first kappa shape index (κ1) is 15.3. The molecule has 0 fully saturated rings. The van der Waals surface area contributed by atoms with Gasteiger partial charge in [-0.3, -0.25) is 0 Å². The summed E-state index contributed by atoms with van der Waals surface area (Å²) < 4.78 is 5.83. The van der Waals surface area contributed by atoms with E-state index in [0.29, 0.717) is 0 Å². The number of hydrogen-bond acceptors (Lipinski definition) is 1. The van der Waals surface area contributed by atoms with E-state index in [-0.39, 0.29) is 0 Å². The van der Waals surface area contributed by atoms with Crippen molar-refractivity contribution in [2.75, 3.05) is 0 Å². The Morgan fingerprint density at radius 3 is 2.38 bits per heavy atom. The number of fused-ring (bicyclic) bond motifs is 1. The SMILES string of the molecule is Cc1ccc(C2=Cc3c(cc(C)c(C)c3-c3ccc(Cl)cc3)C2)o1. The molecule has 3 aromatic rings. The smallest absolute Gasteiger partial charge is 0.130 e. The van der Waals surface area contributed by atoms with E-state index in [4.69, 9.17) is 16.0 Å². The van der Waals surface area contributed by atoms with Gasteiger partial charge in [-0.2, -0.15) is 0 Å². The fraction of sp³-hybridized carbons (Fsp3) is 0.182. The predicted octanol–water partition coefficient (Wildman–Crippen LogP) is 6.62.